The molecule has 4 nitrogen and oxygen atoms in total. The maximum Gasteiger partial charge on any atom is 0.235 e. The number of rotatable bonds is 4. The maximum atomic E-state index is 5.76. The van der Waals surface area contributed by atoms with Gasteiger partial charge in [0.05, 0.1) is 23.1 Å². The van der Waals surface area contributed by atoms with Crippen LogP contribution in [-0.4, -0.2) is 29.2 Å². The van der Waals surface area contributed by atoms with Gasteiger partial charge in [-0.25, -0.2) is 9.98 Å². The Morgan fingerprint density at radius 3 is 2.46 bits per heavy atom. The van der Waals surface area contributed by atoms with Gasteiger partial charge in [-0.2, -0.15) is 0 Å². The van der Waals surface area contributed by atoms with E-state index in [1.807, 2.05) is 25.1 Å². The normalized spacial score (nSPS) is 17.4. The van der Waals surface area contributed by atoms with E-state index >= 15 is 0 Å². The van der Waals surface area contributed by atoms with Crippen LogP contribution in [0.5, 0.6) is 0 Å². The second kappa shape index (κ2) is 7.40. The summed E-state index contributed by atoms with van der Waals surface area (Å²) in [5.41, 5.74) is 7.16. The monoisotopic (exact) mass is 349 g/mol. The van der Waals surface area contributed by atoms with E-state index in [-0.39, 0.29) is 6.04 Å². The van der Waals surface area contributed by atoms with E-state index in [9.17, 15) is 0 Å². The van der Waals surface area contributed by atoms with Crippen LogP contribution < -0.4 is 0 Å². The number of pyridine rings is 1. The van der Waals surface area contributed by atoms with Crippen molar-refractivity contribution in [1.82, 2.24) is 4.98 Å². The van der Waals surface area contributed by atoms with E-state index in [4.69, 9.17) is 14.7 Å². The van der Waals surface area contributed by atoms with E-state index in [0.717, 1.165) is 22.8 Å². The first-order valence-electron chi connectivity index (χ1n) is 9.16. The van der Waals surface area contributed by atoms with Crippen LogP contribution in [0, 0.1) is 26.7 Å². The standard InChI is InChI=1S/C22H27N3O/c1-13(2)20-12-26-22(25-20)19-9-7-8-18(24-19)17(6)23-21-15(4)10-14(3)11-16(21)5/h7-11,13,20H,12H2,1-6H3/t20-/m1/s1. The van der Waals surface area contributed by atoms with Crippen LogP contribution in [0.2, 0.25) is 0 Å². The molecular weight excluding hydrogens is 322 g/mol. The highest BCUT2D eigenvalue weighted by Gasteiger charge is 2.23. The van der Waals surface area contributed by atoms with Crippen molar-refractivity contribution in [1.29, 1.82) is 0 Å². The molecule has 26 heavy (non-hydrogen) atoms. The summed E-state index contributed by atoms with van der Waals surface area (Å²) in [5.74, 6) is 1.10. The molecule has 2 aromatic rings. The van der Waals surface area contributed by atoms with Crippen LogP contribution in [-0.2, 0) is 4.74 Å². The molecule has 136 valence electrons. The second-order valence-electron chi connectivity index (χ2n) is 7.41. The fourth-order valence-corrected chi connectivity index (χ4v) is 3.20. The van der Waals surface area contributed by atoms with E-state index in [1.54, 1.807) is 0 Å². The van der Waals surface area contributed by atoms with Gasteiger partial charge in [0.1, 0.15) is 12.3 Å². The van der Waals surface area contributed by atoms with E-state index < -0.39 is 0 Å². The SMILES string of the molecule is CC(=Nc1c(C)cc(C)cc1C)c1cccc(C2=N[C@@H](C(C)C)CO2)n1. The molecule has 0 N–H and O–H groups in total. The van der Waals surface area contributed by atoms with Crippen molar-refractivity contribution < 1.29 is 4.74 Å². The Morgan fingerprint density at radius 2 is 1.85 bits per heavy atom. The van der Waals surface area contributed by atoms with Crippen LogP contribution in [0.25, 0.3) is 0 Å². The number of hydrogen-bond donors (Lipinski definition) is 0. The Morgan fingerprint density at radius 1 is 1.15 bits per heavy atom. The molecule has 3 rings (SSSR count). The van der Waals surface area contributed by atoms with Gasteiger partial charge < -0.3 is 4.74 Å². The topological polar surface area (TPSA) is 46.8 Å². The van der Waals surface area contributed by atoms with Gasteiger partial charge in [-0.05, 0) is 56.9 Å². The Hall–Kier alpha value is -2.49. The third-order valence-corrected chi connectivity index (χ3v) is 4.70. The molecule has 4 heteroatoms. The summed E-state index contributed by atoms with van der Waals surface area (Å²) < 4.78 is 5.76. The van der Waals surface area contributed by atoms with Crippen molar-refractivity contribution in [2.45, 2.75) is 47.6 Å². The molecule has 1 aliphatic rings. The Bertz CT molecular complexity index is 858. The maximum absolute atomic E-state index is 5.76. The molecular formula is C22H27N3O. The molecule has 0 saturated heterocycles. The van der Waals surface area contributed by atoms with Gasteiger partial charge in [0.2, 0.25) is 5.90 Å². The van der Waals surface area contributed by atoms with Crippen molar-refractivity contribution in [3.63, 3.8) is 0 Å². The molecule has 0 fully saturated rings. The predicted molar refractivity (Wildman–Crippen MR) is 108 cm³/mol. The highest BCUT2D eigenvalue weighted by Crippen LogP contribution is 2.26. The number of aliphatic imine (C=N–C) groups is 2. The molecule has 0 amide bonds. The zero-order valence-electron chi connectivity index (χ0n) is 16.5. The lowest BCUT2D eigenvalue weighted by atomic mass is 10.1. The molecule has 0 bridgehead atoms. The van der Waals surface area contributed by atoms with Crippen LogP contribution in [0.1, 0.15) is 48.8 Å². The molecule has 1 aromatic heterocycles. The number of aryl methyl sites for hydroxylation is 3. The van der Waals surface area contributed by atoms with Crippen molar-refractivity contribution in [2.75, 3.05) is 6.61 Å². The Kier molecular flexibility index (Phi) is 5.21. The summed E-state index contributed by atoms with van der Waals surface area (Å²) in [7, 11) is 0. The molecule has 2 heterocycles. The van der Waals surface area contributed by atoms with Crippen molar-refractivity contribution in [2.24, 2.45) is 15.9 Å². The molecule has 1 aromatic carbocycles. The molecule has 0 radical (unpaired) electrons. The van der Waals surface area contributed by atoms with E-state index in [2.05, 4.69) is 51.7 Å². The quantitative estimate of drug-likeness (QED) is 0.733. The van der Waals surface area contributed by atoms with Gasteiger partial charge in [-0.1, -0.05) is 37.6 Å². The van der Waals surface area contributed by atoms with Gasteiger partial charge in [0, 0.05) is 0 Å². The number of aromatic nitrogens is 1. The molecule has 0 unspecified atom stereocenters. The van der Waals surface area contributed by atoms with Gasteiger partial charge in [-0.15, -0.1) is 0 Å². The van der Waals surface area contributed by atoms with Gasteiger partial charge >= 0.3 is 0 Å². The predicted octanol–water partition coefficient (Wildman–Crippen LogP) is 4.95. The summed E-state index contributed by atoms with van der Waals surface area (Å²) in [6, 6.07) is 10.5. The first-order valence-corrected chi connectivity index (χ1v) is 9.16. The lowest BCUT2D eigenvalue weighted by Gasteiger charge is -2.09. The summed E-state index contributed by atoms with van der Waals surface area (Å²) in [5, 5.41) is 0. The first-order chi connectivity index (χ1) is 12.3. The van der Waals surface area contributed by atoms with Crippen molar-refractivity contribution >= 4 is 17.3 Å². The Balaban J connectivity index is 1.92. The third kappa shape index (κ3) is 3.85. The molecule has 0 aliphatic carbocycles. The minimum Gasteiger partial charge on any atom is -0.474 e. The summed E-state index contributed by atoms with van der Waals surface area (Å²) >= 11 is 0. The highest BCUT2D eigenvalue weighted by atomic mass is 16.5. The van der Waals surface area contributed by atoms with Gasteiger partial charge in [0.25, 0.3) is 0 Å². The molecule has 0 spiro atoms. The van der Waals surface area contributed by atoms with Crippen LogP contribution in [0.4, 0.5) is 5.69 Å². The number of nitrogens with zero attached hydrogens (tertiary/aromatic N) is 3. The zero-order chi connectivity index (χ0) is 18.8. The zero-order valence-corrected chi connectivity index (χ0v) is 16.5. The fourth-order valence-electron chi connectivity index (χ4n) is 3.20. The average molecular weight is 349 g/mol. The van der Waals surface area contributed by atoms with Crippen LogP contribution in [0.15, 0.2) is 40.3 Å². The van der Waals surface area contributed by atoms with Crippen molar-refractivity contribution in [3.05, 3.63) is 58.4 Å². The second-order valence-corrected chi connectivity index (χ2v) is 7.41. The minimum absolute atomic E-state index is 0.211. The van der Waals surface area contributed by atoms with E-state index in [1.165, 1.54) is 16.7 Å². The number of ether oxygens (including phenoxy) is 1. The van der Waals surface area contributed by atoms with Gasteiger partial charge in [-0.3, -0.25) is 4.99 Å². The largest absolute Gasteiger partial charge is 0.474 e. The molecule has 1 aliphatic heterocycles. The van der Waals surface area contributed by atoms with Crippen LogP contribution >= 0.6 is 0 Å². The smallest absolute Gasteiger partial charge is 0.235 e. The summed E-state index contributed by atoms with van der Waals surface area (Å²) in [4.78, 5) is 14.3. The highest BCUT2D eigenvalue weighted by molar-refractivity contribution is 6.00. The number of benzene rings is 1. The number of hydrogen-bond acceptors (Lipinski definition) is 4. The summed E-state index contributed by atoms with van der Waals surface area (Å²) in [6.45, 7) is 13.3. The minimum atomic E-state index is 0.211. The van der Waals surface area contributed by atoms with Gasteiger partial charge in [0.15, 0.2) is 0 Å². The Labute approximate surface area is 156 Å². The summed E-state index contributed by atoms with van der Waals surface area (Å²) in [6.07, 6.45) is 0. The first kappa shape index (κ1) is 18.3. The third-order valence-electron chi connectivity index (χ3n) is 4.70. The molecule has 0 saturated carbocycles. The van der Waals surface area contributed by atoms with Crippen LogP contribution in [0.3, 0.4) is 0 Å². The van der Waals surface area contributed by atoms with E-state index in [0.29, 0.717) is 18.4 Å². The lowest BCUT2D eigenvalue weighted by molar-refractivity contribution is 0.291. The van der Waals surface area contributed by atoms with Crippen molar-refractivity contribution in [3.8, 4) is 0 Å². The fraction of sp³-hybridized carbons (Fsp3) is 0.409. The lowest BCUT2D eigenvalue weighted by Crippen LogP contribution is -2.13. The molecule has 1 atom stereocenters. The average Bonchev–Trinajstić information content (AvgIpc) is 3.08.